The Morgan fingerprint density at radius 3 is 1.73 bits per heavy atom. The van der Waals surface area contributed by atoms with Gasteiger partial charge in [-0.3, -0.25) is 0 Å². The first kappa shape index (κ1) is 13.8. The highest BCUT2D eigenvalue weighted by Gasteiger charge is 2.04. The van der Waals surface area contributed by atoms with Gasteiger partial charge in [0.1, 0.15) is 5.75 Å². The van der Waals surface area contributed by atoms with Gasteiger partial charge < -0.3 is 4.74 Å². The standard InChI is InChI=1S/C7H8O.H4N2O4S/c1-8-7-5-3-2-4-6-7;1-5-7(3,4)6-2/h2-6H,1H3;1-2H2. The molecule has 15 heavy (non-hydrogen) atoms. The molecule has 0 aromatic heterocycles. The monoisotopic (exact) mass is 236 g/mol. The molecule has 1 aromatic rings. The van der Waals surface area contributed by atoms with Gasteiger partial charge in [-0.05, 0) is 12.1 Å². The third kappa shape index (κ3) is 6.82. The number of hydrogen-bond acceptors (Lipinski definition) is 7. The molecule has 0 saturated heterocycles. The van der Waals surface area contributed by atoms with Gasteiger partial charge in [0.2, 0.25) is 0 Å². The van der Waals surface area contributed by atoms with Crippen molar-refractivity contribution in [2.75, 3.05) is 7.11 Å². The number of rotatable bonds is 3. The van der Waals surface area contributed by atoms with E-state index in [4.69, 9.17) is 4.74 Å². The van der Waals surface area contributed by atoms with Gasteiger partial charge in [0, 0.05) is 0 Å². The maximum Gasteiger partial charge on any atom is 0.431 e. The zero-order chi connectivity index (χ0) is 11.7. The Hall–Kier alpha value is -1.19. The van der Waals surface area contributed by atoms with Gasteiger partial charge in [-0.1, -0.05) is 18.2 Å². The van der Waals surface area contributed by atoms with Crippen LogP contribution in [0.15, 0.2) is 30.3 Å². The molecule has 86 valence electrons. The average Bonchev–Trinajstić information content (AvgIpc) is 2.31. The van der Waals surface area contributed by atoms with E-state index in [0.717, 1.165) is 5.75 Å². The fraction of sp³-hybridized carbons (Fsp3) is 0.143. The summed E-state index contributed by atoms with van der Waals surface area (Å²) in [5.41, 5.74) is 0. The Morgan fingerprint density at radius 2 is 1.53 bits per heavy atom. The summed E-state index contributed by atoms with van der Waals surface area (Å²) < 4.78 is 30.7. The number of methoxy groups -OCH3 is 1. The van der Waals surface area contributed by atoms with Gasteiger partial charge in [-0.25, -0.2) is 0 Å². The molecule has 0 bridgehead atoms. The van der Waals surface area contributed by atoms with E-state index >= 15 is 0 Å². The molecule has 0 fully saturated rings. The van der Waals surface area contributed by atoms with Crippen molar-refractivity contribution in [3.8, 4) is 5.75 Å². The van der Waals surface area contributed by atoms with Gasteiger partial charge >= 0.3 is 10.4 Å². The lowest BCUT2D eigenvalue weighted by Gasteiger charge is -1.93. The third-order valence-corrected chi connectivity index (χ3v) is 1.69. The second-order valence-corrected chi connectivity index (χ2v) is 3.32. The Labute approximate surface area is 87.8 Å². The van der Waals surface area contributed by atoms with E-state index in [1.54, 1.807) is 7.11 Å². The first-order valence-electron chi connectivity index (χ1n) is 3.66. The van der Waals surface area contributed by atoms with Crippen molar-refractivity contribution in [3.63, 3.8) is 0 Å². The van der Waals surface area contributed by atoms with Crippen molar-refractivity contribution in [2.45, 2.75) is 0 Å². The zero-order valence-corrected chi connectivity index (χ0v) is 8.81. The van der Waals surface area contributed by atoms with E-state index in [1.165, 1.54) is 0 Å². The van der Waals surface area contributed by atoms with E-state index in [9.17, 15) is 8.42 Å². The van der Waals surface area contributed by atoms with Crippen LogP contribution in [0, 0.1) is 0 Å². The number of nitrogens with two attached hydrogens (primary N) is 2. The second kappa shape index (κ2) is 7.15. The quantitative estimate of drug-likeness (QED) is 0.693. The molecule has 1 aromatic carbocycles. The summed E-state index contributed by atoms with van der Waals surface area (Å²) >= 11 is 0. The summed E-state index contributed by atoms with van der Waals surface area (Å²) in [5, 5.41) is 0. The molecule has 1 rings (SSSR count). The van der Waals surface area contributed by atoms with Crippen molar-refractivity contribution in [3.05, 3.63) is 30.3 Å². The number of benzene rings is 1. The van der Waals surface area contributed by atoms with Gasteiger partial charge in [-0.2, -0.15) is 28.8 Å². The summed E-state index contributed by atoms with van der Waals surface area (Å²) in [6, 6.07) is 9.68. The Balaban J connectivity index is 0.000000265. The van der Waals surface area contributed by atoms with Crippen LogP contribution < -0.4 is 16.5 Å². The van der Waals surface area contributed by atoms with Crippen molar-refractivity contribution in [2.24, 2.45) is 11.8 Å². The number of para-hydroxylation sites is 1. The lowest BCUT2D eigenvalue weighted by atomic mass is 10.3. The van der Waals surface area contributed by atoms with Crippen LogP contribution in [0.3, 0.4) is 0 Å². The van der Waals surface area contributed by atoms with Crippen molar-refractivity contribution < 1.29 is 21.7 Å². The first-order chi connectivity index (χ1) is 7.05. The molecule has 7 nitrogen and oxygen atoms in total. The lowest BCUT2D eigenvalue weighted by Crippen LogP contribution is -2.17. The SMILES string of the molecule is COc1ccccc1.NOS(=O)(=O)ON. The molecule has 0 aliphatic heterocycles. The molecule has 8 heteroatoms. The van der Waals surface area contributed by atoms with Gasteiger partial charge in [0.25, 0.3) is 0 Å². The van der Waals surface area contributed by atoms with Crippen LogP contribution in [-0.4, -0.2) is 15.5 Å². The molecule has 0 aliphatic carbocycles. The maximum atomic E-state index is 9.67. The molecular formula is C7H12N2O5S. The van der Waals surface area contributed by atoms with E-state index in [1.807, 2.05) is 30.3 Å². The summed E-state index contributed by atoms with van der Waals surface area (Å²) in [6.07, 6.45) is 0. The highest BCUT2D eigenvalue weighted by atomic mass is 32.3. The third-order valence-electron chi connectivity index (χ3n) is 1.21. The largest absolute Gasteiger partial charge is 0.497 e. The fourth-order valence-corrected chi connectivity index (χ4v) is 0.625. The Morgan fingerprint density at radius 1 is 1.07 bits per heavy atom. The molecule has 0 spiro atoms. The number of hydrogen-bond donors (Lipinski definition) is 2. The van der Waals surface area contributed by atoms with Gasteiger partial charge in [0.15, 0.2) is 0 Å². The summed E-state index contributed by atoms with van der Waals surface area (Å²) in [6.45, 7) is 0. The van der Waals surface area contributed by atoms with Crippen molar-refractivity contribution in [1.82, 2.24) is 0 Å². The minimum atomic E-state index is -4.10. The van der Waals surface area contributed by atoms with Crippen LogP contribution in [0.2, 0.25) is 0 Å². The van der Waals surface area contributed by atoms with Crippen LogP contribution in [0.25, 0.3) is 0 Å². The first-order valence-corrected chi connectivity index (χ1v) is 4.99. The summed E-state index contributed by atoms with van der Waals surface area (Å²) in [7, 11) is -2.44. The smallest absolute Gasteiger partial charge is 0.431 e. The maximum absolute atomic E-state index is 9.67. The summed E-state index contributed by atoms with van der Waals surface area (Å²) in [5.74, 6) is 9.16. The normalized spacial score (nSPS) is 10.1. The predicted octanol–water partition coefficient (Wildman–Crippen LogP) is -0.293. The van der Waals surface area contributed by atoms with Crippen molar-refractivity contribution >= 4 is 10.4 Å². The van der Waals surface area contributed by atoms with E-state index < -0.39 is 10.4 Å². The molecule has 0 radical (unpaired) electrons. The van der Waals surface area contributed by atoms with Gasteiger partial charge in [0.05, 0.1) is 7.11 Å². The molecule has 0 saturated carbocycles. The molecule has 0 heterocycles. The fourth-order valence-electron chi connectivity index (χ4n) is 0.579. The average molecular weight is 236 g/mol. The minimum Gasteiger partial charge on any atom is -0.497 e. The Bertz CT molecular complexity index is 343. The molecule has 0 aliphatic rings. The second-order valence-electron chi connectivity index (χ2n) is 2.12. The lowest BCUT2D eigenvalue weighted by molar-refractivity contribution is 0.222. The zero-order valence-electron chi connectivity index (χ0n) is 7.99. The van der Waals surface area contributed by atoms with Crippen molar-refractivity contribution in [1.29, 1.82) is 0 Å². The Kier molecular flexibility index (Phi) is 6.58. The van der Waals surface area contributed by atoms with Crippen LogP contribution >= 0.6 is 0 Å². The van der Waals surface area contributed by atoms with E-state index in [-0.39, 0.29) is 0 Å². The van der Waals surface area contributed by atoms with E-state index in [0.29, 0.717) is 0 Å². The molecule has 4 N–H and O–H groups in total. The summed E-state index contributed by atoms with van der Waals surface area (Å²) in [4.78, 5) is 0. The molecule has 0 atom stereocenters. The van der Waals surface area contributed by atoms with Crippen LogP contribution in [0.4, 0.5) is 0 Å². The minimum absolute atomic E-state index is 0.910. The van der Waals surface area contributed by atoms with Crippen LogP contribution in [-0.2, 0) is 19.0 Å². The highest BCUT2D eigenvalue weighted by molar-refractivity contribution is 7.81. The number of ether oxygens (including phenoxy) is 1. The topological polar surface area (TPSA) is 114 Å². The molecular weight excluding hydrogens is 224 g/mol. The molecule has 0 amide bonds. The molecule has 0 unspecified atom stereocenters. The highest BCUT2D eigenvalue weighted by Crippen LogP contribution is 2.05. The van der Waals surface area contributed by atoms with Gasteiger partial charge in [-0.15, -0.1) is 0 Å². The van der Waals surface area contributed by atoms with Crippen LogP contribution in [0.1, 0.15) is 0 Å². The predicted molar refractivity (Wildman–Crippen MR) is 52.5 cm³/mol. The van der Waals surface area contributed by atoms with E-state index in [2.05, 4.69) is 20.4 Å². The van der Waals surface area contributed by atoms with Crippen LogP contribution in [0.5, 0.6) is 5.75 Å².